The lowest BCUT2D eigenvalue weighted by molar-refractivity contribution is 0.102. The fourth-order valence-corrected chi connectivity index (χ4v) is 2.92. The predicted octanol–water partition coefficient (Wildman–Crippen LogP) is 2.29. The number of nitrogens with one attached hydrogen (secondary N) is 2. The van der Waals surface area contributed by atoms with Crippen LogP contribution in [0.25, 0.3) is 0 Å². The molecule has 7 heteroatoms. The van der Waals surface area contributed by atoms with E-state index in [-0.39, 0.29) is 16.1 Å². The molecule has 0 radical (unpaired) electrons. The first-order valence-corrected chi connectivity index (χ1v) is 7.93. The SMILES string of the molecule is CNS(=O)(=O)c1cc(NC(=O)c2ccccc2F)ccc1C. The molecular formula is C15H15FN2O3S. The summed E-state index contributed by atoms with van der Waals surface area (Å²) >= 11 is 0. The van der Waals surface area contributed by atoms with Gasteiger partial charge in [0.15, 0.2) is 0 Å². The molecule has 0 aliphatic carbocycles. The highest BCUT2D eigenvalue weighted by molar-refractivity contribution is 7.89. The molecule has 0 fully saturated rings. The van der Waals surface area contributed by atoms with Crippen LogP contribution in [0.4, 0.5) is 10.1 Å². The Morgan fingerprint density at radius 2 is 1.82 bits per heavy atom. The van der Waals surface area contributed by atoms with E-state index in [4.69, 9.17) is 0 Å². The number of benzene rings is 2. The van der Waals surface area contributed by atoms with E-state index in [0.29, 0.717) is 5.56 Å². The fourth-order valence-electron chi connectivity index (χ4n) is 1.92. The number of anilines is 1. The number of rotatable bonds is 4. The molecule has 1 amide bonds. The number of halogens is 1. The lowest BCUT2D eigenvalue weighted by atomic mass is 10.2. The van der Waals surface area contributed by atoms with Crippen molar-refractivity contribution in [3.05, 3.63) is 59.4 Å². The second kappa shape index (κ2) is 6.25. The van der Waals surface area contributed by atoms with E-state index in [0.717, 1.165) is 0 Å². The molecule has 0 heterocycles. The Labute approximate surface area is 128 Å². The van der Waals surface area contributed by atoms with Crippen molar-refractivity contribution in [3.8, 4) is 0 Å². The van der Waals surface area contributed by atoms with Crippen LogP contribution in [0, 0.1) is 12.7 Å². The molecule has 2 aromatic carbocycles. The molecule has 0 saturated carbocycles. The third-order valence-electron chi connectivity index (χ3n) is 3.12. The number of sulfonamides is 1. The van der Waals surface area contributed by atoms with E-state index in [1.54, 1.807) is 25.1 Å². The first-order valence-electron chi connectivity index (χ1n) is 6.45. The number of amides is 1. The monoisotopic (exact) mass is 322 g/mol. The van der Waals surface area contributed by atoms with Gasteiger partial charge in [-0.15, -0.1) is 0 Å². The van der Waals surface area contributed by atoms with Gasteiger partial charge in [0.2, 0.25) is 10.0 Å². The molecular weight excluding hydrogens is 307 g/mol. The standard InChI is InChI=1S/C15H15FN2O3S/c1-10-7-8-11(9-14(10)22(20,21)17-2)18-15(19)12-5-3-4-6-13(12)16/h3-9,17H,1-2H3,(H,18,19). The molecule has 2 N–H and O–H groups in total. The van der Waals surface area contributed by atoms with Gasteiger partial charge in [0.25, 0.3) is 5.91 Å². The smallest absolute Gasteiger partial charge is 0.258 e. The number of carbonyl (C=O) groups is 1. The summed E-state index contributed by atoms with van der Waals surface area (Å²) in [6.07, 6.45) is 0. The maximum absolute atomic E-state index is 13.6. The molecule has 0 atom stereocenters. The highest BCUT2D eigenvalue weighted by Gasteiger charge is 2.17. The summed E-state index contributed by atoms with van der Waals surface area (Å²) in [4.78, 5) is 12.1. The van der Waals surface area contributed by atoms with Gasteiger partial charge in [-0.1, -0.05) is 18.2 Å². The van der Waals surface area contributed by atoms with Crippen LogP contribution in [0.2, 0.25) is 0 Å². The zero-order valence-electron chi connectivity index (χ0n) is 12.1. The van der Waals surface area contributed by atoms with Gasteiger partial charge in [-0.05, 0) is 43.8 Å². The molecule has 2 aromatic rings. The molecule has 0 saturated heterocycles. The van der Waals surface area contributed by atoms with Crippen molar-refractivity contribution in [3.63, 3.8) is 0 Å². The van der Waals surface area contributed by atoms with Gasteiger partial charge in [-0.3, -0.25) is 4.79 Å². The van der Waals surface area contributed by atoms with Crippen LogP contribution in [0.1, 0.15) is 15.9 Å². The van der Waals surface area contributed by atoms with Gasteiger partial charge in [0.05, 0.1) is 10.5 Å². The zero-order chi connectivity index (χ0) is 16.3. The minimum Gasteiger partial charge on any atom is -0.322 e. The molecule has 116 valence electrons. The molecule has 0 aromatic heterocycles. The average molecular weight is 322 g/mol. The maximum atomic E-state index is 13.6. The molecule has 0 bridgehead atoms. The summed E-state index contributed by atoms with van der Waals surface area (Å²) in [5, 5.41) is 2.49. The van der Waals surface area contributed by atoms with Gasteiger partial charge in [-0.2, -0.15) is 0 Å². The normalized spacial score (nSPS) is 11.2. The van der Waals surface area contributed by atoms with Crippen LogP contribution in [0.15, 0.2) is 47.4 Å². The predicted molar refractivity (Wildman–Crippen MR) is 81.8 cm³/mol. The third-order valence-corrected chi connectivity index (χ3v) is 4.68. The Bertz CT molecular complexity index is 819. The van der Waals surface area contributed by atoms with Gasteiger partial charge in [0, 0.05) is 5.69 Å². The van der Waals surface area contributed by atoms with E-state index in [2.05, 4.69) is 10.0 Å². The quantitative estimate of drug-likeness (QED) is 0.907. The molecule has 0 aliphatic heterocycles. The molecule has 0 aliphatic rings. The lowest BCUT2D eigenvalue weighted by Gasteiger charge is -2.10. The van der Waals surface area contributed by atoms with Crippen LogP contribution in [0.3, 0.4) is 0 Å². The van der Waals surface area contributed by atoms with Crippen LogP contribution >= 0.6 is 0 Å². The Kier molecular flexibility index (Phi) is 4.58. The number of carbonyl (C=O) groups excluding carboxylic acids is 1. The van der Waals surface area contributed by atoms with E-state index in [9.17, 15) is 17.6 Å². The van der Waals surface area contributed by atoms with Crippen molar-refractivity contribution in [2.45, 2.75) is 11.8 Å². The molecule has 0 spiro atoms. The van der Waals surface area contributed by atoms with E-state index < -0.39 is 21.7 Å². The van der Waals surface area contributed by atoms with Gasteiger partial charge < -0.3 is 5.32 Å². The summed E-state index contributed by atoms with van der Waals surface area (Å²) in [5.74, 6) is -1.29. The molecule has 0 unspecified atom stereocenters. The summed E-state index contributed by atoms with van der Waals surface area (Å²) in [6.45, 7) is 1.65. The second-order valence-corrected chi connectivity index (χ2v) is 6.48. The summed E-state index contributed by atoms with van der Waals surface area (Å²) in [5.41, 5.74) is 0.701. The van der Waals surface area contributed by atoms with E-state index in [1.807, 2.05) is 0 Å². The van der Waals surface area contributed by atoms with E-state index >= 15 is 0 Å². The average Bonchev–Trinajstić information content (AvgIpc) is 2.49. The topological polar surface area (TPSA) is 75.3 Å². The van der Waals surface area contributed by atoms with Crippen molar-refractivity contribution in [1.82, 2.24) is 4.72 Å². The largest absolute Gasteiger partial charge is 0.322 e. The van der Waals surface area contributed by atoms with Crippen molar-refractivity contribution in [2.24, 2.45) is 0 Å². The first kappa shape index (κ1) is 16.1. The summed E-state index contributed by atoms with van der Waals surface area (Å²) < 4.78 is 39.6. The van der Waals surface area contributed by atoms with Crippen LogP contribution < -0.4 is 10.0 Å². The minimum absolute atomic E-state index is 0.0568. The number of hydrogen-bond donors (Lipinski definition) is 2. The molecule has 2 rings (SSSR count). The van der Waals surface area contributed by atoms with Gasteiger partial charge >= 0.3 is 0 Å². The Hall–Kier alpha value is -2.25. The summed E-state index contributed by atoms with van der Waals surface area (Å²) in [6, 6.07) is 10.0. The van der Waals surface area contributed by atoms with Crippen molar-refractivity contribution in [1.29, 1.82) is 0 Å². The highest BCUT2D eigenvalue weighted by atomic mass is 32.2. The lowest BCUT2D eigenvalue weighted by Crippen LogP contribution is -2.20. The first-order chi connectivity index (χ1) is 10.3. The van der Waals surface area contributed by atoms with Gasteiger partial charge in [0.1, 0.15) is 5.82 Å². The van der Waals surface area contributed by atoms with Crippen LogP contribution in [0.5, 0.6) is 0 Å². The number of hydrogen-bond acceptors (Lipinski definition) is 3. The Morgan fingerprint density at radius 1 is 1.14 bits per heavy atom. The van der Waals surface area contributed by atoms with Crippen molar-refractivity contribution >= 4 is 21.6 Å². The highest BCUT2D eigenvalue weighted by Crippen LogP contribution is 2.20. The second-order valence-electron chi connectivity index (χ2n) is 4.62. The van der Waals surface area contributed by atoms with Crippen LogP contribution in [-0.4, -0.2) is 21.4 Å². The van der Waals surface area contributed by atoms with Crippen LogP contribution in [-0.2, 0) is 10.0 Å². The number of aryl methyl sites for hydroxylation is 1. The Balaban J connectivity index is 2.34. The van der Waals surface area contributed by atoms with Crippen molar-refractivity contribution < 1.29 is 17.6 Å². The zero-order valence-corrected chi connectivity index (χ0v) is 12.9. The minimum atomic E-state index is -3.64. The molecule has 22 heavy (non-hydrogen) atoms. The molecule has 5 nitrogen and oxygen atoms in total. The third kappa shape index (κ3) is 3.32. The summed E-state index contributed by atoms with van der Waals surface area (Å²) in [7, 11) is -2.33. The van der Waals surface area contributed by atoms with Gasteiger partial charge in [-0.25, -0.2) is 17.5 Å². The fraction of sp³-hybridized carbons (Fsp3) is 0.133. The van der Waals surface area contributed by atoms with E-state index in [1.165, 1.54) is 31.3 Å². The maximum Gasteiger partial charge on any atom is 0.258 e. The Morgan fingerprint density at radius 3 is 2.45 bits per heavy atom. The van der Waals surface area contributed by atoms with Crippen molar-refractivity contribution in [2.75, 3.05) is 12.4 Å².